The van der Waals surface area contributed by atoms with E-state index < -0.39 is 17.2 Å². The summed E-state index contributed by atoms with van der Waals surface area (Å²) in [7, 11) is 0. The third-order valence-corrected chi connectivity index (χ3v) is 3.00. The predicted octanol–water partition coefficient (Wildman–Crippen LogP) is -0.442. The van der Waals surface area contributed by atoms with Gasteiger partial charge in [0.25, 0.3) is 11.5 Å². The number of nitrogens with zero attached hydrogens (tertiary/aromatic N) is 3. The van der Waals surface area contributed by atoms with Crippen molar-refractivity contribution in [3.05, 3.63) is 56.6 Å². The van der Waals surface area contributed by atoms with E-state index in [4.69, 9.17) is 0 Å². The lowest BCUT2D eigenvalue weighted by molar-refractivity contribution is 0.0756. The van der Waals surface area contributed by atoms with Crippen LogP contribution in [0.15, 0.2) is 34.1 Å². The van der Waals surface area contributed by atoms with Crippen LogP contribution in [-0.2, 0) is 6.42 Å². The minimum absolute atomic E-state index is 0.314. The number of likely N-dealkylation sites (N-methyl/N-ethyl adjacent to an activating group) is 1. The average Bonchev–Trinajstić information content (AvgIpc) is 2.48. The van der Waals surface area contributed by atoms with E-state index >= 15 is 0 Å². The molecule has 2 rings (SSSR count). The molecule has 2 N–H and O–H groups in total. The summed E-state index contributed by atoms with van der Waals surface area (Å²) in [4.78, 5) is 42.1. The van der Waals surface area contributed by atoms with Gasteiger partial charge in [0, 0.05) is 25.5 Å². The Morgan fingerprint density at radius 1 is 1.29 bits per heavy atom. The molecule has 0 radical (unpaired) electrons. The van der Waals surface area contributed by atoms with E-state index in [-0.39, 0.29) is 5.69 Å². The number of rotatable bonds is 5. The first-order chi connectivity index (χ1) is 10.1. The van der Waals surface area contributed by atoms with Gasteiger partial charge in [0.2, 0.25) is 5.69 Å². The van der Waals surface area contributed by atoms with E-state index in [9.17, 15) is 14.4 Å². The predicted molar refractivity (Wildman–Crippen MR) is 75.0 cm³/mol. The van der Waals surface area contributed by atoms with Crippen molar-refractivity contribution in [2.75, 3.05) is 13.1 Å². The summed E-state index contributed by atoms with van der Waals surface area (Å²) in [5, 5.41) is 5.58. The zero-order valence-electron chi connectivity index (χ0n) is 11.5. The fourth-order valence-electron chi connectivity index (χ4n) is 1.86. The van der Waals surface area contributed by atoms with Gasteiger partial charge in [-0.3, -0.25) is 19.6 Å². The van der Waals surface area contributed by atoms with Crippen molar-refractivity contribution in [2.24, 2.45) is 0 Å². The molecule has 0 aliphatic heterocycles. The average molecular weight is 289 g/mol. The molecule has 0 unspecified atom stereocenters. The number of hydrogen-bond acceptors (Lipinski definition) is 5. The Labute approximate surface area is 119 Å². The fourth-order valence-corrected chi connectivity index (χ4v) is 1.86. The number of pyridine rings is 1. The van der Waals surface area contributed by atoms with Crippen molar-refractivity contribution >= 4 is 5.91 Å². The first kappa shape index (κ1) is 14.6. The third kappa shape index (κ3) is 3.62. The Hall–Kier alpha value is -2.77. The number of aromatic nitrogens is 4. The molecule has 0 saturated heterocycles. The van der Waals surface area contributed by atoms with E-state index in [1.807, 2.05) is 24.0 Å². The zero-order valence-corrected chi connectivity index (χ0v) is 11.5. The van der Waals surface area contributed by atoms with Gasteiger partial charge in [0.1, 0.15) is 0 Å². The molecule has 2 aromatic rings. The molecule has 8 heteroatoms. The monoisotopic (exact) mass is 289 g/mol. The second-order valence-corrected chi connectivity index (χ2v) is 4.35. The number of H-pyrrole nitrogens is 2. The van der Waals surface area contributed by atoms with E-state index in [0.717, 1.165) is 5.56 Å². The van der Waals surface area contributed by atoms with E-state index in [1.165, 1.54) is 4.90 Å². The maximum Gasteiger partial charge on any atom is 0.342 e. The first-order valence-corrected chi connectivity index (χ1v) is 6.49. The maximum absolute atomic E-state index is 12.2. The number of carbonyl (C=O) groups excluding carboxylic acids is 1. The number of nitrogens with one attached hydrogen (secondary N) is 2. The fraction of sp³-hybridized carbons (Fsp3) is 0.308. The molecule has 0 saturated carbocycles. The molecular weight excluding hydrogens is 274 g/mol. The van der Waals surface area contributed by atoms with Crippen LogP contribution in [0.25, 0.3) is 0 Å². The molecule has 2 aromatic heterocycles. The Morgan fingerprint density at radius 3 is 2.62 bits per heavy atom. The van der Waals surface area contributed by atoms with Crippen LogP contribution in [-0.4, -0.2) is 44.1 Å². The number of hydrogen-bond donors (Lipinski definition) is 2. The summed E-state index contributed by atoms with van der Waals surface area (Å²) < 4.78 is 0. The molecule has 0 atom stereocenters. The molecule has 0 fully saturated rings. The van der Waals surface area contributed by atoms with Crippen LogP contribution in [0, 0.1) is 0 Å². The molecule has 0 aliphatic carbocycles. The molecular formula is C13H15N5O3. The second kappa shape index (κ2) is 6.60. The molecule has 1 amide bonds. The van der Waals surface area contributed by atoms with Crippen molar-refractivity contribution < 1.29 is 4.79 Å². The van der Waals surface area contributed by atoms with E-state index in [0.29, 0.717) is 19.5 Å². The van der Waals surface area contributed by atoms with Gasteiger partial charge in [-0.25, -0.2) is 9.89 Å². The Balaban J connectivity index is 2.11. The second-order valence-electron chi connectivity index (χ2n) is 4.35. The lowest BCUT2D eigenvalue weighted by Gasteiger charge is -2.19. The number of amides is 1. The highest BCUT2D eigenvalue weighted by molar-refractivity contribution is 5.91. The molecule has 0 aromatic carbocycles. The van der Waals surface area contributed by atoms with Crippen LogP contribution in [0.4, 0.5) is 0 Å². The smallest absolute Gasteiger partial charge is 0.337 e. The van der Waals surface area contributed by atoms with Gasteiger partial charge >= 0.3 is 5.69 Å². The molecule has 8 nitrogen and oxygen atoms in total. The summed E-state index contributed by atoms with van der Waals surface area (Å²) in [6, 6.07) is 3.73. The summed E-state index contributed by atoms with van der Waals surface area (Å²) in [6.07, 6.45) is 4.01. The Bertz CT molecular complexity index is 722. The largest absolute Gasteiger partial charge is 0.342 e. The van der Waals surface area contributed by atoms with Crippen LogP contribution in [0.2, 0.25) is 0 Å². The molecule has 21 heavy (non-hydrogen) atoms. The van der Waals surface area contributed by atoms with Crippen molar-refractivity contribution in [3.8, 4) is 0 Å². The SMILES string of the molecule is CCN(CCc1ccncc1)C(=O)c1n[nH]c(=O)[nH]c1=O. The quantitative estimate of drug-likeness (QED) is 0.775. The zero-order chi connectivity index (χ0) is 15.2. The standard InChI is InChI=1S/C13H15N5O3/c1-2-18(8-5-9-3-6-14-7-4-9)12(20)10-11(19)15-13(21)17-16-10/h3-4,6-7H,2,5,8H2,1H3,(H2,15,17,19,21). The van der Waals surface area contributed by atoms with Gasteiger partial charge in [-0.2, -0.15) is 5.10 Å². The summed E-state index contributed by atoms with van der Waals surface area (Å²) in [5.41, 5.74) is -0.798. The van der Waals surface area contributed by atoms with Gasteiger partial charge < -0.3 is 4.90 Å². The van der Waals surface area contributed by atoms with Gasteiger partial charge in [0.15, 0.2) is 0 Å². The van der Waals surface area contributed by atoms with Crippen molar-refractivity contribution in [2.45, 2.75) is 13.3 Å². The van der Waals surface area contributed by atoms with Gasteiger partial charge in [-0.15, -0.1) is 0 Å². The van der Waals surface area contributed by atoms with Crippen LogP contribution in [0.5, 0.6) is 0 Å². The normalized spacial score (nSPS) is 10.3. The van der Waals surface area contributed by atoms with Crippen molar-refractivity contribution in [3.63, 3.8) is 0 Å². The topological polar surface area (TPSA) is 112 Å². The first-order valence-electron chi connectivity index (χ1n) is 6.49. The van der Waals surface area contributed by atoms with Crippen LogP contribution in [0.1, 0.15) is 23.0 Å². The molecule has 0 aliphatic rings. The molecule has 2 heterocycles. The Morgan fingerprint density at radius 2 is 2.00 bits per heavy atom. The highest BCUT2D eigenvalue weighted by Gasteiger charge is 2.19. The van der Waals surface area contributed by atoms with Crippen molar-refractivity contribution in [1.29, 1.82) is 0 Å². The molecule has 0 spiro atoms. The number of carbonyl (C=O) groups is 1. The summed E-state index contributed by atoms with van der Waals surface area (Å²) >= 11 is 0. The van der Waals surface area contributed by atoms with Crippen LogP contribution >= 0.6 is 0 Å². The number of aromatic amines is 2. The van der Waals surface area contributed by atoms with Gasteiger partial charge in [-0.05, 0) is 31.0 Å². The van der Waals surface area contributed by atoms with Crippen LogP contribution < -0.4 is 11.2 Å². The van der Waals surface area contributed by atoms with E-state index in [1.54, 1.807) is 12.4 Å². The van der Waals surface area contributed by atoms with Gasteiger partial charge in [0.05, 0.1) is 0 Å². The third-order valence-electron chi connectivity index (χ3n) is 3.00. The minimum atomic E-state index is -0.786. The van der Waals surface area contributed by atoms with Gasteiger partial charge in [-0.1, -0.05) is 0 Å². The highest BCUT2D eigenvalue weighted by atomic mass is 16.2. The molecule has 0 bridgehead atoms. The lowest BCUT2D eigenvalue weighted by Crippen LogP contribution is -2.39. The van der Waals surface area contributed by atoms with Crippen molar-refractivity contribution in [1.82, 2.24) is 25.1 Å². The van der Waals surface area contributed by atoms with Crippen LogP contribution in [0.3, 0.4) is 0 Å². The summed E-state index contributed by atoms with van der Waals surface area (Å²) in [5.74, 6) is -0.510. The highest BCUT2D eigenvalue weighted by Crippen LogP contribution is 2.02. The molecule has 110 valence electrons. The minimum Gasteiger partial charge on any atom is -0.337 e. The maximum atomic E-state index is 12.2. The van der Waals surface area contributed by atoms with E-state index in [2.05, 4.69) is 15.2 Å². The lowest BCUT2D eigenvalue weighted by atomic mass is 10.2. The summed E-state index contributed by atoms with van der Waals surface area (Å²) in [6.45, 7) is 2.69. The Kier molecular flexibility index (Phi) is 4.60.